The van der Waals surface area contributed by atoms with Crippen LogP contribution in [0.4, 0.5) is 0 Å². The van der Waals surface area contributed by atoms with Crippen LogP contribution in [0.3, 0.4) is 0 Å². The third-order valence-electron chi connectivity index (χ3n) is 1.52. The summed E-state index contributed by atoms with van der Waals surface area (Å²) in [6.45, 7) is 9.87. The average molecular weight is 230 g/mol. The van der Waals surface area contributed by atoms with Crippen LogP contribution in [0.25, 0.3) is 0 Å². The van der Waals surface area contributed by atoms with Gasteiger partial charge in [-0.3, -0.25) is 0 Å². The second-order valence-electron chi connectivity index (χ2n) is 4.69. The van der Waals surface area contributed by atoms with Gasteiger partial charge in [0.05, 0.1) is 0 Å². The van der Waals surface area contributed by atoms with E-state index < -0.39 is 8.32 Å². The van der Waals surface area contributed by atoms with Gasteiger partial charge in [-0.05, 0) is 0 Å². The van der Waals surface area contributed by atoms with Gasteiger partial charge >= 0.3 is 65.3 Å². The molecule has 0 radical (unpaired) electrons. The zero-order valence-electron chi connectivity index (χ0n) is 10.7. The molecule has 0 unspecified atom stereocenters. The molecule has 0 fully saturated rings. The molecule has 0 heterocycles. The summed E-state index contributed by atoms with van der Waals surface area (Å²) in [6, 6.07) is 0. The minimum atomic E-state index is -1.86. The minimum absolute atomic E-state index is 0.818. The summed E-state index contributed by atoms with van der Waals surface area (Å²) in [4.78, 5) is 10.2. The second-order valence-corrected chi connectivity index (χ2v) is 10.6. The molecule has 14 heavy (non-hydrogen) atoms. The fourth-order valence-electron chi connectivity index (χ4n) is 0.841. The molecule has 0 aromatic heterocycles. The molecule has 0 N–H and O–H groups in total. The molecule has 0 aromatic carbocycles. The molecule has 3 heteroatoms. The molecular formula is C11H27AlOSi. The van der Waals surface area contributed by atoms with Crippen molar-refractivity contribution in [3.05, 3.63) is 0 Å². The third kappa shape index (κ3) is 38.7. The maximum absolute atomic E-state index is 10.2. The van der Waals surface area contributed by atoms with Crippen LogP contribution < -0.4 is 4.80 Å². The van der Waals surface area contributed by atoms with Crippen molar-refractivity contribution in [3.63, 3.8) is 0 Å². The van der Waals surface area contributed by atoms with Crippen molar-refractivity contribution in [3.8, 4) is 0 Å². The maximum atomic E-state index is 10.2. The molecule has 0 aromatic rings. The van der Waals surface area contributed by atoms with E-state index in [1.54, 1.807) is 19.6 Å². The quantitative estimate of drug-likeness (QED) is 0.507. The molecule has 0 aliphatic rings. The average Bonchev–Trinajstić information content (AvgIpc) is 2.01. The maximum Gasteiger partial charge on any atom is -0.0576 e. The van der Waals surface area contributed by atoms with Crippen LogP contribution in [-0.4, -0.2) is 23.5 Å². The number of rotatable bonds is 6. The predicted octanol–water partition coefficient (Wildman–Crippen LogP) is 3.31. The molecule has 0 amide bonds. The van der Waals surface area contributed by atoms with Crippen LogP contribution in [0, 0.1) is 0 Å². The van der Waals surface area contributed by atoms with E-state index in [9.17, 15) is 4.80 Å². The largest absolute Gasteiger partial charge is 0.859 e. The van der Waals surface area contributed by atoms with E-state index in [0.717, 1.165) is 15.2 Å². The van der Waals surface area contributed by atoms with Crippen LogP contribution in [0.15, 0.2) is 0 Å². The van der Waals surface area contributed by atoms with E-state index in [4.69, 9.17) is 0 Å². The van der Waals surface area contributed by atoms with E-state index >= 15 is 0 Å². The number of hydrogen-bond acceptors (Lipinski definition) is 1. The molecule has 0 spiro atoms. The summed E-state index contributed by atoms with van der Waals surface area (Å²) in [5.74, 6) is 0. The zero-order valence-corrected chi connectivity index (χ0v) is 12.9. The van der Waals surface area contributed by atoms with Gasteiger partial charge in [0, 0.05) is 0 Å². The topological polar surface area (TPSA) is 23.1 Å². The zero-order chi connectivity index (χ0) is 11.4. The molecule has 0 aliphatic carbocycles. The Morgan fingerprint density at radius 3 is 1.43 bits per heavy atom. The summed E-state index contributed by atoms with van der Waals surface area (Å²) in [5, 5.41) is 3.08. The Labute approximate surface area is 98.1 Å². The van der Waals surface area contributed by atoms with E-state index in [1.165, 1.54) is 36.2 Å². The summed E-state index contributed by atoms with van der Waals surface area (Å²) in [7, 11) is -1.86. The predicted molar refractivity (Wildman–Crippen MR) is 68.5 cm³/mol. The van der Waals surface area contributed by atoms with Crippen molar-refractivity contribution in [2.45, 2.75) is 69.7 Å². The Bertz CT molecular complexity index is 90.0. The second kappa shape index (κ2) is 11.8. The first-order chi connectivity index (χ1) is 6.41. The van der Waals surface area contributed by atoms with Gasteiger partial charge in [-0.15, -0.1) is 0 Å². The third-order valence-corrected chi connectivity index (χ3v) is 3.16. The molecule has 0 saturated heterocycles. The van der Waals surface area contributed by atoms with Crippen LogP contribution >= 0.6 is 0 Å². The van der Waals surface area contributed by atoms with Crippen molar-refractivity contribution >= 4 is 23.5 Å². The van der Waals surface area contributed by atoms with Crippen molar-refractivity contribution in [2.24, 2.45) is 0 Å². The monoisotopic (exact) mass is 230 g/mol. The van der Waals surface area contributed by atoms with Crippen LogP contribution in [-0.2, 0) is 0 Å². The van der Waals surface area contributed by atoms with Crippen LogP contribution in [0.5, 0.6) is 0 Å². The molecule has 0 saturated carbocycles. The molecule has 1 nitrogen and oxygen atoms in total. The van der Waals surface area contributed by atoms with Crippen LogP contribution in [0.1, 0.15) is 39.5 Å². The van der Waals surface area contributed by atoms with Crippen molar-refractivity contribution in [1.82, 2.24) is 0 Å². The first-order valence-electron chi connectivity index (χ1n) is 5.93. The minimum Gasteiger partial charge on any atom is -0.859 e. The number of unbranched alkanes of at least 4 members (excludes halogenated alkanes) is 2. The Hall–Kier alpha value is 0.709. The smallest absolute Gasteiger partial charge is 0.0576 e. The molecule has 0 rings (SSSR count). The molecule has 84 valence electrons. The standard InChI is InChI=1S/2C4H9.C3H9OSi.Al/c2*1-3-4-2;1-5(2,3)4;/h2*1,3-4H2,2H3;1-3H3;/q;;-1;+1. The fraction of sp³-hybridized carbons (Fsp3) is 1.00. The Morgan fingerprint density at radius 2 is 1.21 bits per heavy atom. The Kier molecular flexibility index (Phi) is 14.4. The van der Waals surface area contributed by atoms with Gasteiger partial charge in [0.2, 0.25) is 0 Å². The normalized spacial score (nSPS) is 10.1. The summed E-state index contributed by atoms with van der Waals surface area (Å²) < 4.78 is 0. The Balaban J connectivity index is 0. The van der Waals surface area contributed by atoms with Crippen molar-refractivity contribution in [2.75, 3.05) is 0 Å². The molecular weight excluding hydrogens is 203 g/mol. The van der Waals surface area contributed by atoms with Gasteiger partial charge in [-0.25, -0.2) is 0 Å². The van der Waals surface area contributed by atoms with E-state index in [-0.39, 0.29) is 0 Å². The SMILES string of the molecule is CCC[CH2][Al+][CH2]CCC.C[Si](C)(C)[O-]. The Morgan fingerprint density at radius 1 is 0.929 bits per heavy atom. The van der Waals surface area contributed by atoms with Crippen LogP contribution in [0.2, 0.25) is 30.2 Å². The summed E-state index contributed by atoms with van der Waals surface area (Å²) in [5.41, 5.74) is 0. The fourth-order valence-corrected chi connectivity index (χ4v) is 2.52. The summed E-state index contributed by atoms with van der Waals surface area (Å²) in [6.07, 6.45) is 5.72. The van der Waals surface area contributed by atoms with Gasteiger partial charge < -0.3 is 4.80 Å². The molecule has 0 aliphatic heterocycles. The molecule has 0 bridgehead atoms. The summed E-state index contributed by atoms with van der Waals surface area (Å²) >= 11 is 0.818. The van der Waals surface area contributed by atoms with Gasteiger partial charge in [-0.1, -0.05) is 28.0 Å². The van der Waals surface area contributed by atoms with E-state index in [2.05, 4.69) is 13.8 Å². The van der Waals surface area contributed by atoms with E-state index in [0.29, 0.717) is 0 Å². The number of hydrogen-bond donors (Lipinski definition) is 0. The van der Waals surface area contributed by atoms with Gasteiger partial charge in [0.1, 0.15) is 0 Å². The van der Waals surface area contributed by atoms with Crippen molar-refractivity contribution < 1.29 is 4.80 Å². The first kappa shape index (κ1) is 17.1. The van der Waals surface area contributed by atoms with Gasteiger partial charge in [-0.2, -0.15) is 0 Å². The first-order valence-corrected chi connectivity index (χ1v) is 11.0. The van der Waals surface area contributed by atoms with Gasteiger partial charge in [0.15, 0.2) is 0 Å². The van der Waals surface area contributed by atoms with E-state index in [1.807, 2.05) is 0 Å². The molecule has 0 atom stereocenters. The van der Waals surface area contributed by atoms with Crippen molar-refractivity contribution in [1.29, 1.82) is 0 Å². The van der Waals surface area contributed by atoms with Gasteiger partial charge in [0.25, 0.3) is 0 Å².